The van der Waals surface area contributed by atoms with Crippen molar-refractivity contribution >= 4 is 27.9 Å². The Morgan fingerprint density at radius 2 is 2.13 bits per heavy atom. The average Bonchev–Trinajstić information content (AvgIpc) is 2.26. The minimum Gasteiger partial charge on any atom is -0.449 e. The first kappa shape index (κ1) is 9.93. The number of carbonyl (C=O) groups excluding carboxylic acids is 1. The number of fused-ring (bicyclic) bond motifs is 1. The number of carbonyl (C=O) groups is 1. The van der Waals surface area contributed by atoms with Crippen molar-refractivity contribution in [3.63, 3.8) is 0 Å². The smallest absolute Gasteiger partial charge is 0.404 e. The summed E-state index contributed by atoms with van der Waals surface area (Å²) in [4.78, 5) is 14.7. The maximum atomic E-state index is 10.5. The Morgan fingerprint density at radius 3 is 2.93 bits per heavy atom. The lowest BCUT2D eigenvalue weighted by Crippen LogP contribution is -1.96. The van der Waals surface area contributed by atoms with Crippen molar-refractivity contribution in [3.8, 4) is 0 Å². The molecule has 0 atom stereocenters. The summed E-state index contributed by atoms with van der Waals surface area (Å²) in [6.45, 7) is 0.172. The van der Waals surface area contributed by atoms with E-state index in [0.29, 0.717) is 0 Å². The zero-order chi connectivity index (χ0) is 10.7. The van der Waals surface area contributed by atoms with Crippen LogP contribution in [0.15, 0.2) is 36.5 Å². The van der Waals surface area contributed by atoms with E-state index in [4.69, 9.17) is 16.3 Å². The summed E-state index contributed by atoms with van der Waals surface area (Å²) in [7, 11) is 0. The van der Waals surface area contributed by atoms with Crippen LogP contribution in [0.1, 0.15) is 5.56 Å². The first-order chi connectivity index (χ1) is 7.27. The van der Waals surface area contributed by atoms with Crippen LogP contribution in [-0.2, 0) is 11.3 Å². The van der Waals surface area contributed by atoms with Crippen LogP contribution in [0.4, 0.5) is 4.79 Å². The minimum atomic E-state index is -0.795. The van der Waals surface area contributed by atoms with Crippen molar-refractivity contribution in [3.05, 3.63) is 42.1 Å². The normalized spacial score (nSPS) is 10.2. The van der Waals surface area contributed by atoms with E-state index >= 15 is 0 Å². The summed E-state index contributed by atoms with van der Waals surface area (Å²) in [5.41, 5.74) is 0.978. The van der Waals surface area contributed by atoms with E-state index in [9.17, 15) is 4.79 Å². The summed E-state index contributed by atoms with van der Waals surface area (Å²) in [6, 6.07) is 9.46. The zero-order valence-electron chi connectivity index (χ0n) is 7.81. The van der Waals surface area contributed by atoms with Gasteiger partial charge in [0, 0.05) is 28.7 Å². The quantitative estimate of drug-likeness (QED) is 0.732. The van der Waals surface area contributed by atoms with Gasteiger partial charge in [-0.05, 0) is 12.1 Å². The molecule has 4 heteroatoms. The van der Waals surface area contributed by atoms with Gasteiger partial charge in [0.05, 0.1) is 5.52 Å². The van der Waals surface area contributed by atoms with Gasteiger partial charge < -0.3 is 4.74 Å². The van der Waals surface area contributed by atoms with E-state index in [1.54, 1.807) is 6.20 Å². The van der Waals surface area contributed by atoms with E-state index < -0.39 is 5.43 Å². The van der Waals surface area contributed by atoms with Crippen LogP contribution >= 0.6 is 11.6 Å². The number of aromatic nitrogens is 1. The van der Waals surface area contributed by atoms with Gasteiger partial charge in [-0.1, -0.05) is 18.2 Å². The first-order valence-electron chi connectivity index (χ1n) is 4.42. The molecule has 0 bridgehead atoms. The van der Waals surface area contributed by atoms with Gasteiger partial charge in [-0.25, -0.2) is 4.79 Å². The third-order valence-electron chi connectivity index (χ3n) is 2.08. The molecule has 2 aromatic rings. The van der Waals surface area contributed by atoms with Crippen LogP contribution in [0.5, 0.6) is 0 Å². The van der Waals surface area contributed by atoms with Gasteiger partial charge in [-0.3, -0.25) is 4.98 Å². The number of hydrogen-bond acceptors (Lipinski definition) is 3. The highest BCUT2D eigenvalue weighted by Crippen LogP contribution is 2.17. The molecule has 0 spiro atoms. The molecule has 0 amide bonds. The molecular formula is C11H8ClNO2. The number of para-hydroxylation sites is 1. The van der Waals surface area contributed by atoms with Gasteiger partial charge in [0.1, 0.15) is 6.61 Å². The fraction of sp³-hybridized carbons (Fsp3) is 0.0909. The molecule has 3 nitrogen and oxygen atoms in total. The summed E-state index contributed by atoms with van der Waals surface area (Å²) in [6.07, 6.45) is 1.68. The van der Waals surface area contributed by atoms with Gasteiger partial charge in [0.2, 0.25) is 0 Å². The van der Waals surface area contributed by atoms with Crippen LogP contribution in [0.25, 0.3) is 10.9 Å². The standard InChI is InChI=1S/C11H8ClNO2/c12-11(14)15-7-8-5-6-13-10-4-2-1-3-9(8)10/h1-6H,7H2. The first-order valence-corrected chi connectivity index (χ1v) is 4.80. The summed E-state index contributed by atoms with van der Waals surface area (Å²) in [5.74, 6) is 0. The molecule has 0 fully saturated rings. The van der Waals surface area contributed by atoms with E-state index in [0.717, 1.165) is 16.5 Å². The highest BCUT2D eigenvalue weighted by Gasteiger charge is 2.03. The molecule has 1 aromatic heterocycles. The number of hydrogen-bond donors (Lipinski definition) is 0. The third kappa shape index (κ3) is 2.25. The number of benzene rings is 1. The molecule has 0 N–H and O–H groups in total. The SMILES string of the molecule is O=C(Cl)OCc1ccnc2ccccc12. The van der Waals surface area contributed by atoms with Gasteiger partial charge in [-0.2, -0.15) is 0 Å². The second-order valence-corrected chi connectivity index (χ2v) is 3.32. The summed E-state index contributed by atoms with van der Waals surface area (Å²) >= 11 is 5.10. The molecule has 15 heavy (non-hydrogen) atoms. The van der Waals surface area contributed by atoms with E-state index in [1.165, 1.54) is 0 Å². The molecule has 0 unspecified atom stereocenters. The maximum Gasteiger partial charge on any atom is 0.404 e. The molecule has 0 aliphatic heterocycles. The molecule has 1 heterocycles. The summed E-state index contributed by atoms with van der Waals surface area (Å²) < 4.78 is 4.73. The van der Waals surface area contributed by atoms with Crippen molar-refractivity contribution in [1.82, 2.24) is 4.98 Å². The van der Waals surface area contributed by atoms with Gasteiger partial charge >= 0.3 is 5.43 Å². The molecule has 1 aromatic carbocycles. The zero-order valence-corrected chi connectivity index (χ0v) is 8.57. The second kappa shape index (κ2) is 4.28. The lowest BCUT2D eigenvalue weighted by atomic mass is 10.1. The Bertz CT molecular complexity index is 493. The number of rotatable bonds is 2. The predicted octanol–water partition coefficient (Wildman–Crippen LogP) is 3.11. The van der Waals surface area contributed by atoms with Crippen LogP contribution in [0.2, 0.25) is 0 Å². The van der Waals surface area contributed by atoms with Gasteiger partial charge in [0.15, 0.2) is 0 Å². The van der Waals surface area contributed by atoms with Crippen LogP contribution < -0.4 is 0 Å². The Labute approximate surface area is 91.6 Å². The highest BCUT2D eigenvalue weighted by molar-refractivity contribution is 6.61. The Kier molecular flexibility index (Phi) is 2.83. The van der Waals surface area contributed by atoms with E-state index in [-0.39, 0.29) is 6.61 Å². The Balaban J connectivity index is 2.38. The molecule has 0 saturated carbocycles. The Morgan fingerprint density at radius 1 is 1.33 bits per heavy atom. The van der Waals surface area contributed by atoms with Crippen LogP contribution in [0.3, 0.4) is 0 Å². The van der Waals surface area contributed by atoms with Crippen LogP contribution in [-0.4, -0.2) is 10.4 Å². The predicted molar refractivity (Wildman–Crippen MR) is 57.8 cm³/mol. The minimum absolute atomic E-state index is 0.172. The van der Waals surface area contributed by atoms with Gasteiger partial charge in [0.25, 0.3) is 0 Å². The molecule has 2 rings (SSSR count). The monoisotopic (exact) mass is 221 g/mol. The molecule has 0 saturated heterocycles. The number of halogens is 1. The fourth-order valence-electron chi connectivity index (χ4n) is 1.42. The largest absolute Gasteiger partial charge is 0.449 e. The van der Waals surface area contributed by atoms with Gasteiger partial charge in [-0.15, -0.1) is 0 Å². The van der Waals surface area contributed by atoms with Crippen molar-refractivity contribution in [2.24, 2.45) is 0 Å². The lowest BCUT2D eigenvalue weighted by Gasteiger charge is -2.04. The topological polar surface area (TPSA) is 39.2 Å². The van der Waals surface area contributed by atoms with Crippen molar-refractivity contribution in [2.45, 2.75) is 6.61 Å². The molecule has 0 aliphatic rings. The number of pyridine rings is 1. The van der Waals surface area contributed by atoms with E-state index in [2.05, 4.69) is 4.98 Å². The third-order valence-corrected chi connectivity index (χ3v) is 2.19. The molecular weight excluding hydrogens is 214 g/mol. The van der Waals surface area contributed by atoms with Crippen LogP contribution in [0, 0.1) is 0 Å². The number of nitrogens with zero attached hydrogens (tertiary/aromatic N) is 1. The Hall–Kier alpha value is -1.61. The lowest BCUT2D eigenvalue weighted by molar-refractivity contribution is 0.167. The number of ether oxygens (including phenoxy) is 1. The highest BCUT2D eigenvalue weighted by atomic mass is 35.5. The van der Waals surface area contributed by atoms with Crippen molar-refractivity contribution in [2.75, 3.05) is 0 Å². The average molecular weight is 222 g/mol. The maximum absolute atomic E-state index is 10.5. The fourth-order valence-corrected chi connectivity index (χ4v) is 1.47. The molecule has 0 aliphatic carbocycles. The molecule has 0 radical (unpaired) electrons. The second-order valence-electron chi connectivity index (χ2n) is 3.01. The molecule has 76 valence electrons. The van der Waals surface area contributed by atoms with Crippen molar-refractivity contribution in [1.29, 1.82) is 0 Å². The van der Waals surface area contributed by atoms with Crippen molar-refractivity contribution < 1.29 is 9.53 Å². The van der Waals surface area contributed by atoms with E-state index in [1.807, 2.05) is 30.3 Å². The summed E-state index contributed by atoms with van der Waals surface area (Å²) in [5, 5.41) is 0.970.